The lowest BCUT2D eigenvalue weighted by atomic mass is 9.77. The Kier molecular flexibility index (Phi) is 5.09. The zero-order chi connectivity index (χ0) is 20.6. The highest BCUT2D eigenvalue weighted by Crippen LogP contribution is 2.46. The van der Waals surface area contributed by atoms with Gasteiger partial charge in [0.15, 0.2) is 0 Å². The molecule has 2 N–H and O–H groups in total. The number of aromatic amines is 1. The van der Waals surface area contributed by atoms with Crippen molar-refractivity contribution in [3.63, 3.8) is 0 Å². The van der Waals surface area contributed by atoms with Gasteiger partial charge in [-0.05, 0) is 31.7 Å². The summed E-state index contributed by atoms with van der Waals surface area (Å²) in [5, 5.41) is 10.6. The molecule has 0 saturated carbocycles. The second kappa shape index (κ2) is 7.43. The maximum Gasteiger partial charge on any atom is 0.222 e. The van der Waals surface area contributed by atoms with Gasteiger partial charge in [-0.2, -0.15) is 5.10 Å². The third-order valence-electron chi connectivity index (χ3n) is 6.27. The molecule has 2 aliphatic rings. The Balaban J connectivity index is 1.72. The topological polar surface area (TPSA) is 86.8 Å². The quantitative estimate of drug-likeness (QED) is 0.828. The van der Waals surface area contributed by atoms with E-state index in [0.717, 1.165) is 61.8 Å². The highest BCUT2D eigenvalue weighted by Gasteiger charge is 2.46. The van der Waals surface area contributed by atoms with Gasteiger partial charge in [0.2, 0.25) is 5.91 Å². The van der Waals surface area contributed by atoms with E-state index in [2.05, 4.69) is 41.2 Å². The van der Waals surface area contributed by atoms with E-state index in [4.69, 9.17) is 9.97 Å². The highest BCUT2D eigenvalue weighted by atomic mass is 16.2. The van der Waals surface area contributed by atoms with Crippen LogP contribution in [-0.2, 0) is 28.6 Å². The number of carbonyl (C=O) groups excluding carboxylic acids is 1. The molecule has 1 fully saturated rings. The molecular formula is C22H32N6O. The summed E-state index contributed by atoms with van der Waals surface area (Å²) in [4.78, 5) is 24.5. The molecule has 3 heterocycles. The Morgan fingerprint density at radius 3 is 2.83 bits per heavy atom. The van der Waals surface area contributed by atoms with Crippen molar-refractivity contribution in [3.8, 4) is 0 Å². The number of aromatic nitrogens is 4. The van der Waals surface area contributed by atoms with Crippen LogP contribution in [0, 0.1) is 0 Å². The summed E-state index contributed by atoms with van der Waals surface area (Å²) in [7, 11) is 0. The molecule has 29 heavy (non-hydrogen) atoms. The van der Waals surface area contributed by atoms with Crippen LogP contribution in [0.15, 0.2) is 12.3 Å². The van der Waals surface area contributed by atoms with E-state index in [1.807, 2.05) is 13.0 Å². The van der Waals surface area contributed by atoms with E-state index < -0.39 is 0 Å². The number of carbonyl (C=O) groups is 1. The van der Waals surface area contributed by atoms with Crippen molar-refractivity contribution in [3.05, 3.63) is 35.0 Å². The zero-order valence-electron chi connectivity index (χ0n) is 18.0. The Hall–Kier alpha value is -2.44. The molecule has 1 unspecified atom stereocenters. The number of rotatable bonds is 4. The third kappa shape index (κ3) is 3.74. The lowest BCUT2D eigenvalue weighted by Gasteiger charge is -2.40. The number of nitrogens with zero attached hydrogens (tertiary/aromatic N) is 4. The fourth-order valence-corrected chi connectivity index (χ4v) is 4.65. The molecule has 7 heteroatoms. The van der Waals surface area contributed by atoms with Crippen LogP contribution < -0.4 is 5.32 Å². The van der Waals surface area contributed by atoms with Gasteiger partial charge in [-0.15, -0.1) is 0 Å². The Labute approximate surface area is 172 Å². The molecule has 1 aliphatic heterocycles. The molecule has 2 aromatic rings. The summed E-state index contributed by atoms with van der Waals surface area (Å²) < 4.78 is 0. The summed E-state index contributed by atoms with van der Waals surface area (Å²) in [6.07, 6.45) is 6.45. The first kappa shape index (κ1) is 19.9. The molecular weight excluding hydrogens is 364 g/mol. The molecule has 0 aromatic carbocycles. The molecule has 1 aliphatic carbocycles. The standard InChI is InChI=1S/C22H32N6O/c1-5-17(29)28-12-6-9-22(14-28)10-7-16-18(22)25-20(21(2,3)4)26-19(16)23-13-15-8-11-24-27-15/h8,11H,5-7,9-10,12-14H2,1-4H3,(H,24,27)(H,23,25,26). The highest BCUT2D eigenvalue weighted by molar-refractivity contribution is 5.76. The van der Waals surface area contributed by atoms with Crippen LogP contribution >= 0.6 is 0 Å². The molecule has 2 aromatic heterocycles. The molecule has 7 nitrogen and oxygen atoms in total. The van der Waals surface area contributed by atoms with E-state index >= 15 is 0 Å². The van der Waals surface area contributed by atoms with Crippen LogP contribution in [0.1, 0.15) is 76.2 Å². The van der Waals surface area contributed by atoms with Crippen LogP contribution in [-0.4, -0.2) is 44.1 Å². The molecule has 0 radical (unpaired) electrons. The third-order valence-corrected chi connectivity index (χ3v) is 6.27. The average molecular weight is 397 g/mol. The Morgan fingerprint density at radius 1 is 1.31 bits per heavy atom. The lowest BCUT2D eigenvalue weighted by Crippen LogP contribution is -2.48. The van der Waals surface area contributed by atoms with Crippen LogP contribution in [0.5, 0.6) is 0 Å². The minimum atomic E-state index is -0.142. The number of likely N-dealkylation sites (tertiary alicyclic amines) is 1. The Bertz CT molecular complexity index is 885. The van der Waals surface area contributed by atoms with Crippen molar-refractivity contribution in [2.24, 2.45) is 0 Å². The zero-order valence-corrected chi connectivity index (χ0v) is 18.0. The summed E-state index contributed by atoms with van der Waals surface area (Å²) in [6.45, 7) is 10.7. The van der Waals surface area contributed by atoms with Crippen molar-refractivity contribution in [1.82, 2.24) is 25.1 Å². The van der Waals surface area contributed by atoms with Crippen molar-refractivity contribution in [2.75, 3.05) is 18.4 Å². The van der Waals surface area contributed by atoms with Gasteiger partial charge < -0.3 is 10.2 Å². The first-order valence-corrected chi connectivity index (χ1v) is 10.7. The predicted octanol–water partition coefficient (Wildman–Crippen LogP) is 3.33. The normalized spacial score (nSPS) is 21.4. The number of H-pyrrole nitrogens is 1. The summed E-state index contributed by atoms with van der Waals surface area (Å²) >= 11 is 0. The smallest absolute Gasteiger partial charge is 0.222 e. The molecule has 1 atom stereocenters. The van der Waals surface area contributed by atoms with E-state index in [1.54, 1.807) is 6.20 Å². The number of anilines is 1. The molecule has 156 valence electrons. The summed E-state index contributed by atoms with van der Waals surface area (Å²) in [5.74, 6) is 2.05. The van der Waals surface area contributed by atoms with Crippen molar-refractivity contribution < 1.29 is 4.79 Å². The summed E-state index contributed by atoms with van der Waals surface area (Å²) in [5.41, 5.74) is 3.24. The number of piperidine rings is 1. The van der Waals surface area contributed by atoms with Crippen LogP contribution in [0.25, 0.3) is 0 Å². The monoisotopic (exact) mass is 396 g/mol. The van der Waals surface area contributed by atoms with E-state index in [1.165, 1.54) is 5.56 Å². The number of amides is 1. The largest absolute Gasteiger partial charge is 0.364 e. The number of hydrogen-bond donors (Lipinski definition) is 2. The van der Waals surface area contributed by atoms with Gasteiger partial charge in [0.05, 0.1) is 17.9 Å². The van der Waals surface area contributed by atoms with E-state index in [9.17, 15) is 4.79 Å². The van der Waals surface area contributed by atoms with Crippen LogP contribution in [0.4, 0.5) is 5.82 Å². The predicted molar refractivity (Wildman–Crippen MR) is 113 cm³/mol. The molecule has 1 spiro atoms. The fourth-order valence-electron chi connectivity index (χ4n) is 4.65. The average Bonchev–Trinajstić information content (AvgIpc) is 3.34. The second-order valence-corrected chi connectivity index (χ2v) is 9.46. The van der Waals surface area contributed by atoms with Crippen LogP contribution in [0.2, 0.25) is 0 Å². The van der Waals surface area contributed by atoms with E-state index in [0.29, 0.717) is 13.0 Å². The molecule has 1 saturated heterocycles. The van der Waals surface area contributed by atoms with Gasteiger partial charge in [-0.3, -0.25) is 9.89 Å². The maximum absolute atomic E-state index is 12.4. The number of fused-ring (bicyclic) bond motifs is 2. The second-order valence-electron chi connectivity index (χ2n) is 9.46. The first-order chi connectivity index (χ1) is 13.8. The lowest BCUT2D eigenvalue weighted by molar-refractivity contribution is -0.133. The number of nitrogens with one attached hydrogen (secondary N) is 2. The van der Waals surface area contributed by atoms with Gasteiger partial charge in [0, 0.05) is 42.1 Å². The first-order valence-electron chi connectivity index (χ1n) is 10.7. The van der Waals surface area contributed by atoms with Gasteiger partial charge in [0.25, 0.3) is 0 Å². The SMILES string of the molecule is CCC(=O)N1CCCC2(CCc3c(NCc4ccn[nH]4)nc(C(C)(C)C)nc32)C1. The van der Waals surface area contributed by atoms with Crippen molar-refractivity contribution in [2.45, 2.75) is 77.2 Å². The minimum absolute atomic E-state index is 0.0359. The van der Waals surface area contributed by atoms with Gasteiger partial charge >= 0.3 is 0 Å². The van der Waals surface area contributed by atoms with E-state index in [-0.39, 0.29) is 16.7 Å². The van der Waals surface area contributed by atoms with Crippen LogP contribution in [0.3, 0.4) is 0 Å². The number of hydrogen-bond acceptors (Lipinski definition) is 5. The van der Waals surface area contributed by atoms with Crippen molar-refractivity contribution >= 4 is 11.7 Å². The summed E-state index contributed by atoms with van der Waals surface area (Å²) in [6, 6.07) is 1.97. The van der Waals surface area contributed by atoms with Gasteiger partial charge in [-0.25, -0.2) is 9.97 Å². The molecule has 4 rings (SSSR count). The maximum atomic E-state index is 12.4. The van der Waals surface area contributed by atoms with Gasteiger partial charge in [0.1, 0.15) is 11.6 Å². The van der Waals surface area contributed by atoms with Crippen molar-refractivity contribution in [1.29, 1.82) is 0 Å². The Morgan fingerprint density at radius 2 is 2.14 bits per heavy atom. The van der Waals surface area contributed by atoms with Gasteiger partial charge in [-0.1, -0.05) is 27.7 Å². The molecule has 1 amide bonds. The molecule has 0 bridgehead atoms. The fraction of sp³-hybridized carbons (Fsp3) is 0.636. The minimum Gasteiger partial charge on any atom is -0.364 e.